The highest BCUT2D eigenvalue weighted by Gasteiger charge is 2.32. The number of nitrogens with one attached hydrogen (secondary N) is 1. The quantitative estimate of drug-likeness (QED) is 0.899. The van der Waals surface area contributed by atoms with E-state index in [-0.39, 0.29) is 6.10 Å². The molecule has 2 aromatic rings. The molecule has 19 heavy (non-hydrogen) atoms. The SMILES string of the molecule is c1ccc2c(OC3CC4CCCC(C3)N4)noc2c1. The van der Waals surface area contributed by atoms with Gasteiger partial charge in [-0.05, 0) is 43.0 Å². The predicted molar refractivity (Wildman–Crippen MR) is 72.2 cm³/mol. The number of piperidine rings is 2. The summed E-state index contributed by atoms with van der Waals surface area (Å²) < 4.78 is 11.4. The van der Waals surface area contributed by atoms with Gasteiger partial charge >= 0.3 is 0 Å². The van der Waals surface area contributed by atoms with Gasteiger partial charge in [-0.15, -0.1) is 0 Å². The highest BCUT2D eigenvalue weighted by atomic mass is 16.5. The van der Waals surface area contributed by atoms with Crippen molar-refractivity contribution in [2.24, 2.45) is 0 Å². The second-order valence-electron chi connectivity index (χ2n) is 5.69. The lowest BCUT2D eigenvalue weighted by Crippen LogP contribution is -2.51. The van der Waals surface area contributed by atoms with Crippen molar-refractivity contribution in [2.45, 2.75) is 50.3 Å². The topological polar surface area (TPSA) is 47.3 Å². The Morgan fingerprint density at radius 2 is 1.95 bits per heavy atom. The summed E-state index contributed by atoms with van der Waals surface area (Å²) >= 11 is 0. The minimum atomic E-state index is 0.269. The number of rotatable bonds is 2. The molecule has 0 spiro atoms. The summed E-state index contributed by atoms with van der Waals surface area (Å²) in [5, 5.41) is 8.72. The van der Waals surface area contributed by atoms with Crippen molar-refractivity contribution >= 4 is 11.0 Å². The summed E-state index contributed by atoms with van der Waals surface area (Å²) in [4.78, 5) is 0. The van der Waals surface area contributed by atoms with E-state index in [9.17, 15) is 0 Å². The van der Waals surface area contributed by atoms with Crippen molar-refractivity contribution < 1.29 is 9.26 Å². The number of aromatic nitrogens is 1. The minimum Gasteiger partial charge on any atom is -0.472 e. The average Bonchev–Trinajstić information content (AvgIpc) is 2.82. The Balaban J connectivity index is 1.55. The molecule has 4 heteroatoms. The predicted octanol–water partition coefficient (Wildman–Crippen LogP) is 2.88. The summed E-state index contributed by atoms with van der Waals surface area (Å²) in [6, 6.07) is 9.11. The van der Waals surface area contributed by atoms with Crippen LogP contribution in [0.25, 0.3) is 11.0 Å². The van der Waals surface area contributed by atoms with Gasteiger partial charge in [0, 0.05) is 12.1 Å². The summed E-state index contributed by atoms with van der Waals surface area (Å²) in [5.41, 5.74) is 0.798. The highest BCUT2D eigenvalue weighted by Crippen LogP contribution is 2.31. The van der Waals surface area contributed by atoms with E-state index in [0.29, 0.717) is 18.0 Å². The highest BCUT2D eigenvalue weighted by molar-refractivity contribution is 5.81. The molecule has 2 fully saturated rings. The van der Waals surface area contributed by atoms with Crippen LogP contribution >= 0.6 is 0 Å². The Bertz CT molecular complexity index is 568. The standard InChI is InChI=1S/C15H18N2O2/c1-2-7-14-13(6-1)15(17-19-14)18-12-8-10-4-3-5-11(9-12)16-10/h1-2,6-7,10-12,16H,3-5,8-9H2. The zero-order chi connectivity index (χ0) is 12.7. The van der Waals surface area contributed by atoms with Crippen LogP contribution in [0.3, 0.4) is 0 Å². The molecule has 2 atom stereocenters. The van der Waals surface area contributed by atoms with Gasteiger partial charge in [-0.1, -0.05) is 18.6 Å². The molecule has 4 rings (SSSR count). The number of benzene rings is 1. The molecule has 3 heterocycles. The molecule has 100 valence electrons. The lowest BCUT2D eigenvalue weighted by atomic mass is 9.85. The molecule has 2 aliphatic heterocycles. The summed E-state index contributed by atoms with van der Waals surface area (Å²) in [6.07, 6.45) is 6.33. The van der Waals surface area contributed by atoms with Crippen molar-refractivity contribution in [3.63, 3.8) is 0 Å². The van der Waals surface area contributed by atoms with Gasteiger partial charge in [-0.2, -0.15) is 0 Å². The Hall–Kier alpha value is -1.55. The second kappa shape index (κ2) is 4.53. The van der Waals surface area contributed by atoms with E-state index in [2.05, 4.69) is 10.5 Å². The Labute approximate surface area is 112 Å². The van der Waals surface area contributed by atoms with E-state index in [1.54, 1.807) is 0 Å². The smallest absolute Gasteiger partial charge is 0.262 e. The fraction of sp³-hybridized carbons (Fsp3) is 0.533. The van der Waals surface area contributed by atoms with E-state index in [4.69, 9.17) is 9.26 Å². The largest absolute Gasteiger partial charge is 0.472 e. The monoisotopic (exact) mass is 258 g/mol. The first-order valence-corrected chi connectivity index (χ1v) is 7.15. The van der Waals surface area contributed by atoms with Crippen molar-refractivity contribution in [3.8, 4) is 5.88 Å². The molecule has 2 unspecified atom stereocenters. The van der Waals surface area contributed by atoms with Gasteiger partial charge < -0.3 is 14.6 Å². The number of fused-ring (bicyclic) bond motifs is 3. The zero-order valence-corrected chi connectivity index (χ0v) is 10.8. The van der Waals surface area contributed by atoms with Crippen LogP contribution in [0.2, 0.25) is 0 Å². The molecule has 0 saturated carbocycles. The number of hydrogen-bond donors (Lipinski definition) is 1. The number of ether oxygens (including phenoxy) is 1. The fourth-order valence-electron chi connectivity index (χ4n) is 3.42. The Morgan fingerprint density at radius 3 is 2.79 bits per heavy atom. The first-order valence-electron chi connectivity index (χ1n) is 7.15. The maximum absolute atomic E-state index is 6.10. The Kier molecular flexibility index (Phi) is 2.69. The van der Waals surface area contributed by atoms with Crippen LogP contribution in [0.5, 0.6) is 5.88 Å². The molecule has 0 amide bonds. The summed E-state index contributed by atoms with van der Waals surface area (Å²) in [6.45, 7) is 0. The van der Waals surface area contributed by atoms with E-state index in [1.165, 1.54) is 19.3 Å². The first-order chi connectivity index (χ1) is 9.38. The summed E-state index contributed by atoms with van der Waals surface area (Å²) in [5.74, 6) is 0.653. The number of nitrogens with zero attached hydrogens (tertiary/aromatic N) is 1. The van der Waals surface area contributed by atoms with Crippen LogP contribution in [0.15, 0.2) is 28.8 Å². The van der Waals surface area contributed by atoms with Gasteiger partial charge in [-0.25, -0.2) is 0 Å². The van der Waals surface area contributed by atoms with Crippen molar-refractivity contribution in [1.29, 1.82) is 0 Å². The van der Waals surface area contributed by atoms with Gasteiger partial charge in [0.25, 0.3) is 5.88 Å². The van der Waals surface area contributed by atoms with Crippen LogP contribution in [0.1, 0.15) is 32.1 Å². The fourth-order valence-corrected chi connectivity index (χ4v) is 3.42. The molecule has 2 saturated heterocycles. The van der Waals surface area contributed by atoms with Gasteiger partial charge in [0.1, 0.15) is 6.10 Å². The lowest BCUT2D eigenvalue weighted by molar-refractivity contribution is 0.0868. The molecule has 1 aromatic heterocycles. The van der Waals surface area contributed by atoms with E-state index >= 15 is 0 Å². The van der Waals surface area contributed by atoms with Crippen molar-refractivity contribution in [1.82, 2.24) is 10.5 Å². The van der Waals surface area contributed by atoms with E-state index in [0.717, 1.165) is 23.8 Å². The summed E-state index contributed by atoms with van der Waals surface area (Å²) in [7, 11) is 0. The molecular weight excluding hydrogens is 240 g/mol. The van der Waals surface area contributed by atoms with Gasteiger partial charge in [0.15, 0.2) is 5.58 Å². The molecular formula is C15H18N2O2. The second-order valence-corrected chi connectivity index (χ2v) is 5.69. The third kappa shape index (κ3) is 2.10. The van der Waals surface area contributed by atoms with E-state index < -0.39 is 0 Å². The van der Waals surface area contributed by atoms with E-state index in [1.807, 2.05) is 24.3 Å². The van der Waals surface area contributed by atoms with Gasteiger partial charge in [0.2, 0.25) is 0 Å². The molecule has 1 N–H and O–H groups in total. The number of hydrogen-bond acceptors (Lipinski definition) is 4. The number of para-hydroxylation sites is 1. The lowest BCUT2D eigenvalue weighted by Gasteiger charge is -2.39. The van der Waals surface area contributed by atoms with Crippen LogP contribution in [-0.4, -0.2) is 23.3 Å². The molecule has 0 aliphatic carbocycles. The van der Waals surface area contributed by atoms with Crippen LogP contribution < -0.4 is 10.1 Å². The molecule has 1 aromatic carbocycles. The molecule has 4 nitrogen and oxygen atoms in total. The molecule has 2 bridgehead atoms. The van der Waals surface area contributed by atoms with Crippen molar-refractivity contribution in [3.05, 3.63) is 24.3 Å². The zero-order valence-electron chi connectivity index (χ0n) is 10.8. The maximum Gasteiger partial charge on any atom is 0.262 e. The molecule has 2 aliphatic rings. The van der Waals surface area contributed by atoms with Gasteiger partial charge in [0.05, 0.1) is 5.39 Å². The van der Waals surface area contributed by atoms with Crippen molar-refractivity contribution in [2.75, 3.05) is 0 Å². The van der Waals surface area contributed by atoms with Crippen LogP contribution in [-0.2, 0) is 0 Å². The van der Waals surface area contributed by atoms with Gasteiger partial charge in [-0.3, -0.25) is 0 Å². The third-order valence-electron chi connectivity index (χ3n) is 4.29. The average molecular weight is 258 g/mol. The third-order valence-corrected chi connectivity index (χ3v) is 4.29. The normalized spacial score (nSPS) is 30.4. The van der Waals surface area contributed by atoms with Crippen LogP contribution in [0, 0.1) is 0 Å². The first kappa shape index (κ1) is 11.3. The Morgan fingerprint density at radius 1 is 1.16 bits per heavy atom. The van der Waals surface area contributed by atoms with Crippen LogP contribution in [0.4, 0.5) is 0 Å². The molecule has 0 radical (unpaired) electrons. The minimum absolute atomic E-state index is 0.269. The maximum atomic E-state index is 6.10.